The zero-order valence-electron chi connectivity index (χ0n) is 11.1. The number of halogens is 5. The first-order chi connectivity index (χ1) is 10.1. The molecule has 5 nitrogen and oxygen atoms in total. The molecule has 0 aliphatic heterocycles. The van der Waals surface area contributed by atoms with E-state index in [0.29, 0.717) is 0 Å². The summed E-state index contributed by atoms with van der Waals surface area (Å²) in [6, 6.07) is 0. The molecule has 0 radical (unpaired) electrons. The molecule has 2 N–H and O–H groups in total. The van der Waals surface area contributed by atoms with Crippen LogP contribution in [0.3, 0.4) is 0 Å². The fourth-order valence-electron chi connectivity index (χ4n) is 1.43. The van der Waals surface area contributed by atoms with Crippen molar-refractivity contribution in [2.75, 3.05) is 6.61 Å². The van der Waals surface area contributed by atoms with Crippen LogP contribution in [0, 0.1) is 29.1 Å². The lowest BCUT2D eigenvalue weighted by atomic mass is 10.1. The van der Waals surface area contributed by atoms with Crippen LogP contribution in [0.5, 0.6) is 0 Å². The normalized spacial score (nSPS) is 11.8. The summed E-state index contributed by atoms with van der Waals surface area (Å²) in [5, 5.41) is 18.1. The average molecular weight is 346 g/mol. The van der Waals surface area contributed by atoms with E-state index in [9.17, 15) is 26.7 Å². The van der Waals surface area contributed by atoms with E-state index in [1.54, 1.807) is 0 Å². The molecule has 1 aromatic carbocycles. The molecule has 0 amide bonds. The van der Waals surface area contributed by atoms with Gasteiger partial charge in [0.05, 0.1) is 6.61 Å². The van der Waals surface area contributed by atoms with Gasteiger partial charge < -0.3 is 19.4 Å². The summed E-state index contributed by atoms with van der Waals surface area (Å²) in [7, 11) is 0.0109. The molecule has 0 aromatic heterocycles. The molecule has 0 saturated carbocycles. The van der Waals surface area contributed by atoms with Crippen molar-refractivity contribution in [1.82, 2.24) is 0 Å². The summed E-state index contributed by atoms with van der Waals surface area (Å²) < 4.78 is 73.9. The van der Waals surface area contributed by atoms with Gasteiger partial charge in [-0.2, -0.15) is 0 Å². The molecule has 1 rings (SSSR count). The van der Waals surface area contributed by atoms with Crippen molar-refractivity contribution in [3.63, 3.8) is 0 Å². The molecule has 0 atom stereocenters. The van der Waals surface area contributed by atoms with Crippen LogP contribution in [0.1, 0.15) is 23.2 Å². The molecule has 0 unspecified atom stereocenters. The van der Waals surface area contributed by atoms with Crippen molar-refractivity contribution in [3.05, 3.63) is 34.6 Å². The number of carbonyl (C=O) groups is 1. The highest BCUT2D eigenvalue weighted by molar-refractivity contribution is 5.98. The maximum atomic E-state index is 13.3. The van der Waals surface area contributed by atoms with Crippen LogP contribution in [0.15, 0.2) is 0 Å². The Bertz CT molecular complexity index is 551. The largest absolute Gasteiger partial charge is 0.462 e. The molecule has 11 heteroatoms. The van der Waals surface area contributed by atoms with E-state index < -0.39 is 53.2 Å². The third kappa shape index (κ3) is 4.00. The van der Waals surface area contributed by atoms with Crippen molar-refractivity contribution in [3.8, 4) is 0 Å². The standard InChI is InChI=1S/C11H11F5O5Si/c12-5-4(6(13)8(15)9(16)7(5)14)10(17)20-3-1-2-11(18,19)21-22/h18-19H,1-3H2,22H3. The number of rotatable bonds is 6. The van der Waals surface area contributed by atoms with Crippen molar-refractivity contribution >= 4 is 16.5 Å². The van der Waals surface area contributed by atoms with E-state index in [0.717, 1.165) is 0 Å². The molecule has 124 valence electrons. The highest BCUT2D eigenvalue weighted by atomic mass is 28.2. The lowest BCUT2D eigenvalue weighted by Gasteiger charge is -2.19. The maximum absolute atomic E-state index is 13.3. The Morgan fingerprint density at radius 1 is 1.00 bits per heavy atom. The van der Waals surface area contributed by atoms with Crippen LogP contribution in [-0.2, 0) is 9.16 Å². The second-order valence-corrected chi connectivity index (χ2v) is 4.54. The molecule has 0 aliphatic carbocycles. The molecular weight excluding hydrogens is 335 g/mol. The quantitative estimate of drug-likeness (QED) is 0.147. The van der Waals surface area contributed by atoms with Crippen LogP contribution in [0.4, 0.5) is 22.0 Å². The number of hydrogen-bond donors (Lipinski definition) is 2. The molecule has 0 bridgehead atoms. The van der Waals surface area contributed by atoms with Gasteiger partial charge in [0.1, 0.15) is 5.56 Å². The minimum absolute atomic E-state index is 0.0109. The predicted molar refractivity (Wildman–Crippen MR) is 63.9 cm³/mol. The van der Waals surface area contributed by atoms with Crippen LogP contribution in [-0.4, -0.2) is 39.2 Å². The van der Waals surface area contributed by atoms with Crippen LogP contribution in [0.25, 0.3) is 0 Å². The molecule has 0 fully saturated rings. The summed E-state index contributed by atoms with van der Waals surface area (Å²) in [6.45, 7) is -0.549. The summed E-state index contributed by atoms with van der Waals surface area (Å²) in [4.78, 5) is 11.4. The van der Waals surface area contributed by atoms with Crippen molar-refractivity contribution in [2.45, 2.75) is 18.8 Å². The van der Waals surface area contributed by atoms with E-state index in [1.165, 1.54) is 0 Å². The molecule has 0 heterocycles. The zero-order valence-corrected chi connectivity index (χ0v) is 13.1. The number of esters is 1. The molecule has 0 aliphatic rings. The first-order valence-corrected chi connectivity index (χ1v) is 6.62. The van der Waals surface area contributed by atoms with E-state index in [4.69, 9.17) is 10.2 Å². The third-order valence-electron chi connectivity index (χ3n) is 2.62. The Kier molecular flexibility index (Phi) is 5.99. The van der Waals surface area contributed by atoms with Crippen LogP contribution in [0.2, 0.25) is 0 Å². The van der Waals surface area contributed by atoms with E-state index in [2.05, 4.69) is 9.16 Å². The fourth-order valence-corrected chi connectivity index (χ4v) is 1.63. The van der Waals surface area contributed by atoms with Crippen LogP contribution >= 0.6 is 0 Å². The molecule has 0 spiro atoms. The second-order valence-electron chi connectivity index (χ2n) is 4.13. The molecule has 22 heavy (non-hydrogen) atoms. The monoisotopic (exact) mass is 346 g/mol. The average Bonchev–Trinajstić information content (AvgIpc) is 2.48. The van der Waals surface area contributed by atoms with Gasteiger partial charge in [-0.3, -0.25) is 0 Å². The lowest BCUT2D eigenvalue weighted by molar-refractivity contribution is -0.295. The van der Waals surface area contributed by atoms with Gasteiger partial charge in [-0.15, -0.1) is 0 Å². The zero-order chi connectivity index (χ0) is 17.1. The van der Waals surface area contributed by atoms with Crippen LogP contribution < -0.4 is 0 Å². The Labute approximate surface area is 123 Å². The third-order valence-corrected chi connectivity index (χ3v) is 3.27. The number of carbonyl (C=O) groups excluding carboxylic acids is 1. The fraction of sp³-hybridized carbons (Fsp3) is 0.364. The Morgan fingerprint density at radius 3 is 1.91 bits per heavy atom. The molecule has 0 saturated heterocycles. The highest BCUT2D eigenvalue weighted by Crippen LogP contribution is 2.23. The lowest BCUT2D eigenvalue weighted by Crippen LogP contribution is -2.31. The van der Waals surface area contributed by atoms with E-state index >= 15 is 0 Å². The second kappa shape index (κ2) is 7.13. The number of hydrogen-bond acceptors (Lipinski definition) is 5. The molecule has 1 aromatic rings. The number of ether oxygens (including phenoxy) is 1. The number of aliphatic hydroxyl groups is 2. The van der Waals surface area contributed by atoms with Crippen molar-refractivity contribution in [1.29, 1.82) is 0 Å². The smallest absolute Gasteiger partial charge is 0.344 e. The molecular formula is C11H11F5O5Si. The first kappa shape index (κ1) is 18.5. The maximum Gasteiger partial charge on any atom is 0.344 e. The van der Waals surface area contributed by atoms with Gasteiger partial charge in [0.15, 0.2) is 33.8 Å². The van der Waals surface area contributed by atoms with Gasteiger partial charge in [0.2, 0.25) is 5.82 Å². The minimum Gasteiger partial charge on any atom is -0.462 e. The van der Waals surface area contributed by atoms with Gasteiger partial charge in [-0.1, -0.05) is 0 Å². The van der Waals surface area contributed by atoms with Crippen molar-refractivity contribution < 1.29 is 46.1 Å². The van der Waals surface area contributed by atoms with Gasteiger partial charge in [-0.05, 0) is 6.42 Å². The van der Waals surface area contributed by atoms with E-state index in [-0.39, 0.29) is 23.3 Å². The van der Waals surface area contributed by atoms with Crippen molar-refractivity contribution in [2.24, 2.45) is 0 Å². The highest BCUT2D eigenvalue weighted by Gasteiger charge is 2.30. The Hall–Kier alpha value is -1.56. The van der Waals surface area contributed by atoms with Gasteiger partial charge >= 0.3 is 5.97 Å². The summed E-state index contributed by atoms with van der Waals surface area (Å²) in [6.07, 6.45) is -0.572. The first-order valence-electron chi connectivity index (χ1n) is 5.80. The Morgan fingerprint density at radius 2 is 1.45 bits per heavy atom. The van der Waals surface area contributed by atoms with Gasteiger partial charge in [0.25, 0.3) is 5.97 Å². The van der Waals surface area contributed by atoms with Gasteiger partial charge in [0, 0.05) is 6.42 Å². The predicted octanol–water partition coefficient (Wildman–Crippen LogP) is 0.254. The Balaban J connectivity index is 2.79. The topological polar surface area (TPSA) is 76.0 Å². The van der Waals surface area contributed by atoms with E-state index in [1.807, 2.05) is 0 Å². The van der Waals surface area contributed by atoms with Gasteiger partial charge in [-0.25, -0.2) is 26.7 Å². The number of benzene rings is 1. The summed E-state index contributed by atoms with van der Waals surface area (Å²) in [5.41, 5.74) is -1.71. The minimum atomic E-state index is -2.43. The summed E-state index contributed by atoms with van der Waals surface area (Å²) >= 11 is 0. The summed E-state index contributed by atoms with van der Waals surface area (Å²) in [5.74, 6) is -15.7. The SMILES string of the molecule is O=C(OCCCC(O)(O)O[SiH3])c1c(F)c(F)c(F)c(F)c1F.